The van der Waals surface area contributed by atoms with Gasteiger partial charge in [0, 0.05) is 6.42 Å². The van der Waals surface area contributed by atoms with Crippen molar-refractivity contribution in [3.05, 3.63) is 23.8 Å². The van der Waals surface area contributed by atoms with E-state index in [9.17, 15) is 4.79 Å². The van der Waals surface area contributed by atoms with E-state index < -0.39 is 0 Å². The predicted octanol–water partition coefficient (Wildman–Crippen LogP) is 2.47. The SMILES string of the molecule is COc1ccc(C2CCCC(=O)O2)cc1OC. The molecule has 1 atom stereocenters. The van der Waals surface area contributed by atoms with Gasteiger partial charge in [0.05, 0.1) is 14.2 Å². The second kappa shape index (κ2) is 5.08. The number of carbonyl (C=O) groups is 1. The Bertz CT molecular complexity index is 414. The Kier molecular flexibility index (Phi) is 3.52. The van der Waals surface area contributed by atoms with Crippen molar-refractivity contribution in [1.29, 1.82) is 0 Å². The second-order valence-corrected chi connectivity index (χ2v) is 3.99. The fraction of sp³-hybridized carbons (Fsp3) is 0.462. The smallest absolute Gasteiger partial charge is 0.306 e. The standard InChI is InChI=1S/C13H16O4/c1-15-11-7-6-9(8-12(11)16-2)10-4-3-5-13(14)17-10/h6-8,10H,3-5H2,1-2H3. The van der Waals surface area contributed by atoms with Gasteiger partial charge in [-0.15, -0.1) is 0 Å². The molecule has 1 aromatic rings. The van der Waals surface area contributed by atoms with Gasteiger partial charge in [-0.3, -0.25) is 4.79 Å². The first-order valence-corrected chi connectivity index (χ1v) is 5.66. The third-order valence-corrected chi connectivity index (χ3v) is 2.90. The Labute approximate surface area is 100 Å². The number of esters is 1. The van der Waals surface area contributed by atoms with Gasteiger partial charge in [-0.2, -0.15) is 0 Å². The van der Waals surface area contributed by atoms with Crippen LogP contribution in [0.4, 0.5) is 0 Å². The van der Waals surface area contributed by atoms with Crippen LogP contribution in [-0.4, -0.2) is 20.2 Å². The largest absolute Gasteiger partial charge is 0.493 e. The highest BCUT2D eigenvalue weighted by Gasteiger charge is 2.22. The molecule has 17 heavy (non-hydrogen) atoms. The summed E-state index contributed by atoms with van der Waals surface area (Å²) in [6.45, 7) is 0. The van der Waals surface area contributed by atoms with Crippen molar-refractivity contribution in [2.75, 3.05) is 14.2 Å². The summed E-state index contributed by atoms with van der Waals surface area (Å²) in [6, 6.07) is 5.60. The van der Waals surface area contributed by atoms with E-state index in [1.165, 1.54) is 0 Å². The van der Waals surface area contributed by atoms with Crippen LogP contribution < -0.4 is 9.47 Å². The first-order chi connectivity index (χ1) is 8.24. The molecule has 0 aliphatic carbocycles. The molecule has 0 saturated carbocycles. The first-order valence-electron chi connectivity index (χ1n) is 5.66. The number of hydrogen-bond donors (Lipinski definition) is 0. The van der Waals surface area contributed by atoms with Gasteiger partial charge in [0.1, 0.15) is 6.10 Å². The van der Waals surface area contributed by atoms with Crippen LogP contribution in [0.1, 0.15) is 30.9 Å². The number of benzene rings is 1. The van der Waals surface area contributed by atoms with E-state index in [1.54, 1.807) is 14.2 Å². The van der Waals surface area contributed by atoms with Crippen molar-refractivity contribution in [3.8, 4) is 11.5 Å². The summed E-state index contributed by atoms with van der Waals surface area (Å²) in [7, 11) is 3.19. The Balaban J connectivity index is 2.23. The Hall–Kier alpha value is -1.71. The van der Waals surface area contributed by atoms with Crippen LogP contribution in [0.5, 0.6) is 11.5 Å². The maximum atomic E-state index is 11.2. The van der Waals surface area contributed by atoms with Crippen molar-refractivity contribution in [2.24, 2.45) is 0 Å². The summed E-state index contributed by atoms with van der Waals surface area (Å²) < 4.78 is 15.7. The topological polar surface area (TPSA) is 44.8 Å². The number of hydrogen-bond acceptors (Lipinski definition) is 4. The zero-order valence-corrected chi connectivity index (χ0v) is 10.1. The number of carbonyl (C=O) groups excluding carboxylic acids is 1. The minimum Gasteiger partial charge on any atom is -0.493 e. The van der Waals surface area contributed by atoms with E-state index in [-0.39, 0.29) is 12.1 Å². The number of cyclic esters (lactones) is 1. The predicted molar refractivity (Wildman–Crippen MR) is 62.2 cm³/mol. The summed E-state index contributed by atoms with van der Waals surface area (Å²) in [5, 5.41) is 0. The lowest BCUT2D eigenvalue weighted by Gasteiger charge is -2.23. The third-order valence-electron chi connectivity index (χ3n) is 2.90. The van der Waals surface area contributed by atoms with Crippen molar-refractivity contribution in [3.63, 3.8) is 0 Å². The number of methoxy groups -OCH3 is 2. The van der Waals surface area contributed by atoms with Crippen LogP contribution in [0.15, 0.2) is 18.2 Å². The molecule has 1 aliphatic rings. The highest BCUT2D eigenvalue weighted by molar-refractivity contribution is 5.70. The van der Waals surface area contributed by atoms with Gasteiger partial charge in [-0.25, -0.2) is 0 Å². The normalized spacial score (nSPS) is 19.6. The van der Waals surface area contributed by atoms with Crippen LogP contribution in [0.3, 0.4) is 0 Å². The van der Waals surface area contributed by atoms with Crippen molar-refractivity contribution in [2.45, 2.75) is 25.4 Å². The van der Waals surface area contributed by atoms with Crippen molar-refractivity contribution < 1.29 is 19.0 Å². The summed E-state index contributed by atoms with van der Waals surface area (Å²) in [5.41, 5.74) is 0.954. The van der Waals surface area contributed by atoms with E-state index in [0.29, 0.717) is 17.9 Å². The molecule has 1 aliphatic heterocycles. The molecular formula is C13H16O4. The molecule has 2 rings (SSSR count). The molecular weight excluding hydrogens is 220 g/mol. The van der Waals surface area contributed by atoms with E-state index in [4.69, 9.17) is 14.2 Å². The molecule has 1 aromatic carbocycles. The molecule has 1 saturated heterocycles. The first kappa shape index (κ1) is 11.8. The van der Waals surface area contributed by atoms with Gasteiger partial charge >= 0.3 is 5.97 Å². The lowest BCUT2D eigenvalue weighted by Crippen LogP contribution is -2.16. The van der Waals surface area contributed by atoms with Crippen LogP contribution in [0.25, 0.3) is 0 Å². The monoisotopic (exact) mass is 236 g/mol. The Morgan fingerprint density at radius 3 is 2.65 bits per heavy atom. The van der Waals surface area contributed by atoms with Gasteiger partial charge < -0.3 is 14.2 Å². The van der Waals surface area contributed by atoms with E-state index in [1.807, 2.05) is 18.2 Å². The molecule has 4 heteroatoms. The molecule has 1 fully saturated rings. The number of rotatable bonds is 3. The summed E-state index contributed by atoms with van der Waals surface area (Å²) >= 11 is 0. The van der Waals surface area contributed by atoms with E-state index >= 15 is 0 Å². The molecule has 0 N–H and O–H groups in total. The highest BCUT2D eigenvalue weighted by atomic mass is 16.5. The average Bonchev–Trinajstić information content (AvgIpc) is 2.38. The van der Waals surface area contributed by atoms with Crippen LogP contribution in [0, 0.1) is 0 Å². The minimum absolute atomic E-state index is 0.129. The quantitative estimate of drug-likeness (QED) is 0.756. The lowest BCUT2D eigenvalue weighted by atomic mass is 10.0. The molecule has 0 aromatic heterocycles. The Morgan fingerprint density at radius 1 is 1.24 bits per heavy atom. The molecule has 0 spiro atoms. The molecule has 0 radical (unpaired) electrons. The molecule has 1 unspecified atom stereocenters. The summed E-state index contributed by atoms with van der Waals surface area (Å²) in [6.07, 6.45) is 2.10. The van der Waals surface area contributed by atoms with Crippen molar-refractivity contribution >= 4 is 5.97 Å². The van der Waals surface area contributed by atoms with Gasteiger partial charge in [0.25, 0.3) is 0 Å². The maximum Gasteiger partial charge on any atom is 0.306 e. The van der Waals surface area contributed by atoms with Gasteiger partial charge in [0.2, 0.25) is 0 Å². The van der Waals surface area contributed by atoms with Gasteiger partial charge in [-0.1, -0.05) is 6.07 Å². The molecule has 1 heterocycles. The highest BCUT2D eigenvalue weighted by Crippen LogP contribution is 2.34. The zero-order valence-electron chi connectivity index (χ0n) is 10.1. The van der Waals surface area contributed by atoms with Crippen LogP contribution >= 0.6 is 0 Å². The third kappa shape index (κ3) is 2.52. The van der Waals surface area contributed by atoms with Crippen LogP contribution in [0.2, 0.25) is 0 Å². The molecule has 0 bridgehead atoms. The van der Waals surface area contributed by atoms with Crippen molar-refractivity contribution in [1.82, 2.24) is 0 Å². The summed E-state index contributed by atoms with van der Waals surface area (Å²) in [5.74, 6) is 1.21. The number of ether oxygens (including phenoxy) is 3. The minimum atomic E-state index is -0.156. The molecule has 4 nitrogen and oxygen atoms in total. The fourth-order valence-corrected chi connectivity index (χ4v) is 2.00. The fourth-order valence-electron chi connectivity index (χ4n) is 2.00. The van der Waals surface area contributed by atoms with Gasteiger partial charge in [-0.05, 0) is 30.5 Å². The zero-order chi connectivity index (χ0) is 12.3. The second-order valence-electron chi connectivity index (χ2n) is 3.99. The molecule has 0 amide bonds. The van der Waals surface area contributed by atoms with Gasteiger partial charge in [0.15, 0.2) is 11.5 Å². The average molecular weight is 236 g/mol. The Morgan fingerprint density at radius 2 is 2.00 bits per heavy atom. The molecule has 92 valence electrons. The lowest BCUT2D eigenvalue weighted by molar-refractivity contribution is -0.154. The van der Waals surface area contributed by atoms with Crippen LogP contribution in [-0.2, 0) is 9.53 Å². The summed E-state index contributed by atoms with van der Waals surface area (Å²) in [4.78, 5) is 11.2. The van der Waals surface area contributed by atoms with E-state index in [2.05, 4.69) is 0 Å². The van der Waals surface area contributed by atoms with E-state index in [0.717, 1.165) is 18.4 Å². The maximum absolute atomic E-state index is 11.2.